The molecule has 0 spiro atoms. The maximum absolute atomic E-state index is 10.1. The fourth-order valence-electron chi connectivity index (χ4n) is 2.70. The largest absolute Gasteiger partial charge is 0.489 e. The predicted molar refractivity (Wildman–Crippen MR) is 146 cm³/mol. The van der Waals surface area contributed by atoms with Gasteiger partial charge in [-0.2, -0.15) is 13.5 Å². The SMILES string of the molecule is CN(SOc1ccc(OC[C@H](O)CCl)c(Cl)c1)c1ccc(OC[C@H](O)Cn2ccnc2)c(Cl)c1.S. The summed E-state index contributed by atoms with van der Waals surface area (Å²) in [6.07, 6.45) is 3.58. The van der Waals surface area contributed by atoms with Crippen molar-refractivity contribution in [2.24, 2.45) is 0 Å². The molecule has 0 unspecified atom stereocenters. The zero-order valence-corrected chi connectivity index (χ0v) is 22.8. The topological polar surface area (TPSA) is 89.2 Å². The quantitative estimate of drug-likeness (QED) is 0.169. The third kappa shape index (κ3) is 9.38. The second-order valence-electron chi connectivity index (χ2n) is 7.21. The zero-order valence-electron chi connectivity index (χ0n) is 18.7. The van der Waals surface area contributed by atoms with Crippen molar-refractivity contribution in [2.45, 2.75) is 18.8 Å². The van der Waals surface area contributed by atoms with Gasteiger partial charge in [-0.3, -0.25) is 4.31 Å². The molecule has 2 atom stereocenters. The molecular weight excluding hydrogens is 557 g/mol. The Labute approximate surface area is 230 Å². The standard InChI is InChI=1S/C22H24Cl3N3O5S.H2S/c1-27(34-33-18-3-5-22(20(25)9-18)31-12-16(29)10-23)15-2-4-21(19(24)8-15)32-13-17(30)11-28-7-6-26-14-28;/h2-9,14,16-17,29-30H,10-13H2,1H3;1H2/t16-,17-;/m1./s1. The lowest BCUT2D eigenvalue weighted by atomic mass is 10.3. The Morgan fingerprint density at radius 3 is 2.29 bits per heavy atom. The molecule has 1 aromatic heterocycles. The minimum absolute atomic E-state index is 0. The summed E-state index contributed by atoms with van der Waals surface area (Å²) in [5, 5.41) is 20.4. The molecule has 3 rings (SSSR count). The van der Waals surface area contributed by atoms with E-state index in [0.717, 1.165) is 17.9 Å². The molecule has 13 heteroatoms. The second kappa shape index (κ2) is 14.8. The van der Waals surface area contributed by atoms with Crippen molar-refractivity contribution in [3.05, 3.63) is 65.2 Å². The number of imidazole rings is 1. The Kier molecular flexibility index (Phi) is 12.5. The number of halogens is 3. The third-order valence-electron chi connectivity index (χ3n) is 4.45. The van der Waals surface area contributed by atoms with E-state index in [1.807, 2.05) is 13.1 Å². The molecule has 0 amide bonds. The van der Waals surface area contributed by atoms with E-state index < -0.39 is 12.2 Å². The number of aliphatic hydroxyl groups is 2. The molecule has 0 aliphatic rings. The summed E-state index contributed by atoms with van der Waals surface area (Å²) in [5.41, 5.74) is 0.780. The minimum Gasteiger partial charge on any atom is -0.489 e. The van der Waals surface area contributed by atoms with Crippen molar-refractivity contribution in [3.63, 3.8) is 0 Å². The Balaban J connectivity index is 0.00000432. The van der Waals surface area contributed by atoms with E-state index in [9.17, 15) is 10.2 Å². The number of hydrogen-bond acceptors (Lipinski definition) is 8. The molecule has 35 heavy (non-hydrogen) atoms. The summed E-state index contributed by atoms with van der Waals surface area (Å²) < 4.78 is 20.4. The van der Waals surface area contributed by atoms with Gasteiger partial charge in [0.2, 0.25) is 0 Å². The number of aliphatic hydroxyl groups excluding tert-OH is 2. The van der Waals surface area contributed by atoms with Crippen molar-refractivity contribution >= 4 is 66.2 Å². The number of alkyl halides is 1. The lowest BCUT2D eigenvalue weighted by molar-refractivity contribution is 0.0925. The maximum Gasteiger partial charge on any atom is 0.179 e. The van der Waals surface area contributed by atoms with Crippen LogP contribution in [0.5, 0.6) is 17.2 Å². The van der Waals surface area contributed by atoms with Gasteiger partial charge in [-0.25, -0.2) is 4.98 Å². The molecule has 8 nitrogen and oxygen atoms in total. The van der Waals surface area contributed by atoms with Gasteiger partial charge in [0.05, 0.1) is 34.5 Å². The van der Waals surface area contributed by atoms with Gasteiger partial charge in [0.1, 0.15) is 42.7 Å². The fraction of sp³-hybridized carbons (Fsp3) is 0.318. The van der Waals surface area contributed by atoms with Crippen LogP contribution in [0.25, 0.3) is 0 Å². The minimum atomic E-state index is -0.770. The van der Waals surface area contributed by atoms with Crippen LogP contribution >= 0.6 is 60.5 Å². The van der Waals surface area contributed by atoms with Crippen LogP contribution in [0, 0.1) is 0 Å². The van der Waals surface area contributed by atoms with E-state index in [1.54, 1.807) is 57.9 Å². The highest BCUT2D eigenvalue weighted by molar-refractivity contribution is 7.96. The molecular formula is C22H26Cl3N3O5S2. The molecule has 0 aliphatic carbocycles. The van der Waals surface area contributed by atoms with Gasteiger partial charge < -0.3 is 28.4 Å². The van der Waals surface area contributed by atoms with Crippen molar-refractivity contribution in [1.82, 2.24) is 9.55 Å². The highest BCUT2D eigenvalue weighted by Crippen LogP contribution is 2.34. The maximum atomic E-state index is 10.1. The van der Waals surface area contributed by atoms with Crippen LogP contribution in [0.4, 0.5) is 5.69 Å². The predicted octanol–water partition coefficient (Wildman–Crippen LogP) is 4.80. The molecule has 0 aliphatic heterocycles. The average molecular weight is 583 g/mol. The Morgan fingerprint density at radius 1 is 1.03 bits per heavy atom. The molecule has 2 aromatic carbocycles. The van der Waals surface area contributed by atoms with E-state index in [1.165, 1.54) is 0 Å². The second-order valence-corrected chi connectivity index (χ2v) is 9.19. The zero-order chi connectivity index (χ0) is 24.5. The van der Waals surface area contributed by atoms with Crippen molar-refractivity contribution in [1.29, 1.82) is 0 Å². The Hall–Kier alpha value is -1.66. The summed E-state index contributed by atoms with van der Waals surface area (Å²) in [6, 6.07) is 10.3. The van der Waals surface area contributed by atoms with Crippen molar-refractivity contribution < 1.29 is 23.9 Å². The average Bonchev–Trinajstić information content (AvgIpc) is 3.33. The van der Waals surface area contributed by atoms with E-state index in [2.05, 4.69) is 4.98 Å². The first-order chi connectivity index (χ1) is 16.4. The first kappa shape index (κ1) is 29.6. The molecule has 192 valence electrons. The highest BCUT2D eigenvalue weighted by atomic mass is 35.5. The smallest absolute Gasteiger partial charge is 0.179 e. The summed E-state index contributed by atoms with van der Waals surface area (Å²) in [4.78, 5) is 3.94. The van der Waals surface area contributed by atoms with Crippen LogP contribution < -0.4 is 18.0 Å². The van der Waals surface area contributed by atoms with Crippen LogP contribution in [0.15, 0.2) is 55.1 Å². The first-order valence-corrected chi connectivity index (χ1v) is 12.2. The van der Waals surface area contributed by atoms with Gasteiger partial charge >= 0.3 is 0 Å². The van der Waals surface area contributed by atoms with Crippen molar-refractivity contribution in [2.75, 3.05) is 30.4 Å². The molecule has 0 saturated carbocycles. The van der Waals surface area contributed by atoms with Gasteiger partial charge in [0.25, 0.3) is 0 Å². The molecule has 0 saturated heterocycles. The van der Waals surface area contributed by atoms with Gasteiger partial charge in [-0.1, -0.05) is 23.2 Å². The molecule has 0 bridgehead atoms. The number of hydrogen-bond donors (Lipinski definition) is 2. The molecule has 2 N–H and O–H groups in total. The normalized spacial score (nSPS) is 12.4. The van der Waals surface area contributed by atoms with E-state index in [-0.39, 0.29) is 32.6 Å². The summed E-state index contributed by atoms with van der Waals surface area (Å²) in [5.74, 6) is 1.49. The summed E-state index contributed by atoms with van der Waals surface area (Å²) in [7, 11) is 1.82. The fourth-order valence-corrected chi connectivity index (χ4v) is 3.75. The van der Waals surface area contributed by atoms with Crippen molar-refractivity contribution in [3.8, 4) is 17.2 Å². The lowest BCUT2D eigenvalue weighted by Crippen LogP contribution is -2.23. The van der Waals surface area contributed by atoms with Crippen LogP contribution in [0.2, 0.25) is 10.0 Å². The van der Waals surface area contributed by atoms with E-state index in [4.69, 9.17) is 48.5 Å². The molecule has 0 radical (unpaired) electrons. The number of nitrogens with zero attached hydrogens (tertiary/aromatic N) is 3. The Morgan fingerprint density at radius 2 is 1.69 bits per heavy atom. The van der Waals surface area contributed by atoms with Crippen LogP contribution in [0.1, 0.15) is 0 Å². The van der Waals surface area contributed by atoms with Gasteiger partial charge in [0.15, 0.2) is 12.2 Å². The molecule has 0 fully saturated rings. The Bertz CT molecular complexity index is 1050. The number of aromatic nitrogens is 2. The van der Waals surface area contributed by atoms with Crippen LogP contribution in [-0.2, 0) is 6.54 Å². The molecule has 3 aromatic rings. The summed E-state index contributed by atoms with van der Waals surface area (Å²) >= 11 is 19.2. The number of rotatable bonds is 13. The first-order valence-electron chi connectivity index (χ1n) is 10.2. The van der Waals surface area contributed by atoms with E-state index in [0.29, 0.717) is 33.8 Å². The van der Waals surface area contributed by atoms with Gasteiger partial charge in [0, 0.05) is 25.5 Å². The molecule has 1 heterocycles. The van der Waals surface area contributed by atoms with Gasteiger partial charge in [-0.05, 0) is 30.3 Å². The lowest BCUT2D eigenvalue weighted by Gasteiger charge is -2.19. The number of ether oxygens (including phenoxy) is 2. The number of anilines is 1. The highest BCUT2D eigenvalue weighted by Gasteiger charge is 2.12. The monoisotopic (exact) mass is 581 g/mol. The van der Waals surface area contributed by atoms with Gasteiger partial charge in [-0.15, -0.1) is 11.6 Å². The van der Waals surface area contributed by atoms with Crippen LogP contribution in [0.3, 0.4) is 0 Å². The summed E-state index contributed by atoms with van der Waals surface area (Å²) in [6.45, 7) is 0.514. The third-order valence-corrected chi connectivity index (χ3v) is 6.10. The number of benzene rings is 2. The van der Waals surface area contributed by atoms with E-state index >= 15 is 0 Å². The van der Waals surface area contributed by atoms with Crippen LogP contribution in [-0.4, -0.2) is 58.1 Å².